The van der Waals surface area contributed by atoms with Crippen molar-refractivity contribution in [1.82, 2.24) is 0 Å². The molecule has 1 fully saturated rings. The minimum Gasteiger partial charge on any atom is -0.497 e. The third-order valence-corrected chi connectivity index (χ3v) is 3.76. The van der Waals surface area contributed by atoms with Crippen molar-refractivity contribution in [2.75, 3.05) is 7.11 Å². The molecule has 0 N–H and O–H groups in total. The maximum atomic E-state index is 5.14. The Morgan fingerprint density at radius 3 is 2.47 bits per heavy atom. The van der Waals surface area contributed by atoms with Gasteiger partial charge < -0.3 is 4.74 Å². The number of allylic oxidation sites excluding steroid dienone is 3. The zero-order valence-electron chi connectivity index (χ0n) is 11.8. The van der Waals surface area contributed by atoms with Crippen molar-refractivity contribution in [3.63, 3.8) is 0 Å². The van der Waals surface area contributed by atoms with Gasteiger partial charge in [-0.1, -0.05) is 55.7 Å². The molecule has 0 amide bonds. The highest BCUT2D eigenvalue weighted by molar-refractivity contribution is 5.50. The summed E-state index contributed by atoms with van der Waals surface area (Å²) < 4.78 is 5.14. The van der Waals surface area contributed by atoms with Gasteiger partial charge >= 0.3 is 0 Å². The van der Waals surface area contributed by atoms with Gasteiger partial charge in [-0.3, -0.25) is 0 Å². The second-order valence-corrected chi connectivity index (χ2v) is 5.24. The third-order valence-electron chi connectivity index (χ3n) is 3.76. The van der Waals surface area contributed by atoms with Crippen molar-refractivity contribution in [2.45, 2.75) is 38.5 Å². The van der Waals surface area contributed by atoms with Crippen LogP contribution in [0.5, 0.6) is 5.75 Å². The van der Waals surface area contributed by atoms with Gasteiger partial charge in [-0.25, -0.2) is 0 Å². The Kier molecular flexibility index (Phi) is 5.74. The predicted molar refractivity (Wildman–Crippen MR) is 82.4 cm³/mol. The molecule has 1 aromatic rings. The smallest absolute Gasteiger partial charge is 0.118 e. The maximum absolute atomic E-state index is 5.14. The lowest BCUT2D eigenvalue weighted by molar-refractivity contribution is 0.415. The van der Waals surface area contributed by atoms with Crippen LogP contribution in [0.4, 0.5) is 0 Å². The van der Waals surface area contributed by atoms with Crippen LogP contribution in [-0.4, -0.2) is 7.11 Å². The molecule has 0 spiro atoms. The summed E-state index contributed by atoms with van der Waals surface area (Å²) in [5.74, 6) is 1.75. The fraction of sp³-hybridized carbons (Fsp3) is 0.444. The van der Waals surface area contributed by atoms with E-state index in [-0.39, 0.29) is 0 Å². The van der Waals surface area contributed by atoms with Gasteiger partial charge in [0.05, 0.1) is 7.11 Å². The SMILES string of the molecule is COc1ccc(/C=C/C/C=C\C2CCCCC2)cc1. The third kappa shape index (κ3) is 4.94. The van der Waals surface area contributed by atoms with Crippen LogP contribution in [0.1, 0.15) is 44.1 Å². The Morgan fingerprint density at radius 2 is 1.79 bits per heavy atom. The minimum atomic E-state index is 0.836. The first-order chi connectivity index (χ1) is 9.38. The second kappa shape index (κ2) is 7.83. The van der Waals surface area contributed by atoms with E-state index in [2.05, 4.69) is 36.4 Å². The zero-order chi connectivity index (χ0) is 13.3. The molecule has 0 heterocycles. The molecule has 0 saturated heterocycles. The van der Waals surface area contributed by atoms with E-state index < -0.39 is 0 Å². The summed E-state index contributed by atoms with van der Waals surface area (Å²) in [6.45, 7) is 0. The molecular weight excluding hydrogens is 232 g/mol. The first kappa shape index (κ1) is 13.9. The quantitative estimate of drug-likeness (QED) is 0.655. The van der Waals surface area contributed by atoms with Crippen LogP contribution in [0.15, 0.2) is 42.5 Å². The molecule has 1 heteroatoms. The Labute approximate surface area is 117 Å². The highest BCUT2D eigenvalue weighted by atomic mass is 16.5. The first-order valence-electron chi connectivity index (χ1n) is 7.36. The number of ether oxygens (including phenoxy) is 1. The van der Waals surface area contributed by atoms with Crippen LogP contribution >= 0.6 is 0 Å². The van der Waals surface area contributed by atoms with E-state index in [1.807, 2.05) is 12.1 Å². The Morgan fingerprint density at radius 1 is 1.05 bits per heavy atom. The maximum Gasteiger partial charge on any atom is 0.118 e. The van der Waals surface area contributed by atoms with Gasteiger partial charge in [-0.05, 0) is 42.9 Å². The molecular formula is C18H24O. The Hall–Kier alpha value is -1.50. The van der Waals surface area contributed by atoms with Gasteiger partial charge in [0.15, 0.2) is 0 Å². The highest BCUT2D eigenvalue weighted by Gasteiger charge is 2.08. The molecule has 2 rings (SSSR count). The van der Waals surface area contributed by atoms with E-state index in [9.17, 15) is 0 Å². The summed E-state index contributed by atoms with van der Waals surface area (Å²) in [6, 6.07) is 8.16. The molecule has 0 atom stereocenters. The molecule has 0 bridgehead atoms. The lowest BCUT2D eigenvalue weighted by Gasteiger charge is -2.17. The molecule has 102 valence electrons. The van der Waals surface area contributed by atoms with E-state index in [0.29, 0.717) is 0 Å². The molecule has 1 aliphatic carbocycles. The van der Waals surface area contributed by atoms with E-state index in [1.54, 1.807) is 7.11 Å². The van der Waals surface area contributed by atoms with Gasteiger partial charge in [0, 0.05) is 0 Å². The highest BCUT2D eigenvalue weighted by Crippen LogP contribution is 2.24. The van der Waals surface area contributed by atoms with Gasteiger partial charge in [0.1, 0.15) is 5.75 Å². The molecule has 1 saturated carbocycles. The van der Waals surface area contributed by atoms with Crippen molar-refractivity contribution in [3.8, 4) is 5.75 Å². The van der Waals surface area contributed by atoms with Crippen LogP contribution in [0.3, 0.4) is 0 Å². The van der Waals surface area contributed by atoms with Crippen LogP contribution in [-0.2, 0) is 0 Å². The summed E-state index contributed by atoms with van der Waals surface area (Å²) in [5, 5.41) is 0. The molecule has 0 aliphatic heterocycles. The van der Waals surface area contributed by atoms with Crippen LogP contribution in [0.25, 0.3) is 6.08 Å². The van der Waals surface area contributed by atoms with Crippen molar-refractivity contribution < 1.29 is 4.74 Å². The van der Waals surface area contributed by atoms with Crippen molar-refractivity contribution in [3.05, 3.63) is 48.1 Å². The monoisotopic (exact) mass is 256 g/mol. The van der Waals surface area contributed by atoms with E-state index in [0.717, 1.165) is 18.1 Å². The first-order valence-corrected chi connectivity index (χ1v) is 7.36. The number of hydrogen-bond donors (Lipinski definition) is 0. The standard InChI is InChI=1S/C18H24O/c1-19-18-14-12-17(13-15-18)11-7-3-6-10-16-8-4-2-5-9-16/h6-7,10-16H,2-5,8-9H2,1H3/b10-6-,11-7+. The fourth-order valence-electron chi connectivity index (χ4n) is 2.60. The van der Waals surface area contributed by atoms with Gasteiger partial charge in [-0.15, -0.1) is 0 Å². The molecule has 0 radical (unpaired) electrons. The van der Waals surface area contributed by atoms with E-state index in [4.69, 9.17) is 4.74 Å². The normalized spacial score (nSPS) is 17.3. The summed E-state index contributed by atoms with van der Waals surface area (Å²) >= 11 is 0. The Balaban J connectivity index is 1.74. The van der Waals surface area contributed by atoms with Crippen LogP contribution in [0.2, 0.25) is 0 Å². The van der Waals surface area contributed by atoms with Gasteiger partial charge in [0.2, 0.25) is 0 Å². The number of rotatable bonds is 5. The summed E-state index contributed by atoms with van der Waals surface area (Å²) in [4.78, 5) is 0. The minimum absolute atomic E-state index is 0.836. The largest absolute Gasteiger partial charge is 0.497 e. The van der Waals surface area contributed by atoms with Gasteiger partial charge in [0.25, 0.3) is 0 Å². The molecule has 0 unspecified atom stereocenters. The molecule has 1 aromatic carbocycles. The number of hydrogen-bond acceptors (Lipinski definition) is 1. The average molecular weight is 256 g/mol. The van der Waals surface area contributed by atoms with Crippen LogP contribution < -0.4 is 4.74 Å². The molecule has 1 nitrogen and oxygen atoms in total. The van der Waals surface area contributed by atoms with Crippen molar-refractivity contribution >= 4 is 6.08 Å². The van der Waals surface area contributed by atoms with Crippen molar-refractivity contribution in [1.29, 1.82) is 0 Å². The lowest BCUT2D eigenvalue weighted by Crippen LogP contribution is -2.02. The average Bonchev–Trinajstić information content (AvgIpc) is 2.49. The zero-order valence-corrected chi connectivity index (χ0v) is 11.8. The Bertz CT molecular complexity index is 408. The molecule has 0 aromatic heterocycles. The predicted octanol–water partition coefficient (Wildman–Crippen LogP) is 5.24. The van der Waals surface area contributed by atoms with Gasteiger partial charge in [-0.2, -0.15) is 0 Å². The van der Waals surface area contributed by atoms with Crippen LogP contribution in [0, 0.1) is 5.92 Å². The van der Waals surface area contributed by atoms with E-state index >= 15 is 0 Å². The molecule has 1 aliphatic rings. The number of methoxy groups -OCH3 is 1. The van der Waals surface area contributed by atoms with E-state index in [1.165, 1.54) is 37.7 Å². The van der Waals surface area contributed by atoms with Crippen molar-refractivity contribution in [2.24, 2.45) is 5.92 Å². The fourth-order valence-corrected chi connectivity index (χ4v) is 2.60. The summed E-state index contributed by atoms with van der Waals surface area (Å²) in [5.41, 5.74) is 1.23. The topological polar surface area (TPSA) is 9.23 Å². The summed E-state index contributed by atoms with van der Waals surface area (Å²) in [6.07, 6.45) is 17.2. The molecule has 19 heavy (non-hydrogen) atoms. The second-order valence-electron chi connectivity index (χ2n) is 5.24. The lowest BCUT2D eigenvalue weighted by atomic mass is 9.89. The summed E-state index contributed by atoms with van der Waals surface area (Å²) in [7, 11) is 1.70. The number of benzene rings is 1.